The normalized spacial score (nSPS) is 14.9. The van der Waals surface area contributed by atoms with Crippen LogP contribution in [0.3, 0.4) is 0 Å². The van der Waals surface area contributed by atoms with Crippen molar-refractivity contribution < 1.29 is 0 Å². The predicted octanol–water partition coefficient (Wildman–Crippen LogP) is 2.13. The molecule has 0 spiro atoms. The maximum absolute atomic E-state index is 6.40. The number of halogens is 1. The third-order valence-electron chi connectivity index (χ3n) is 3.75. The summed E-state index contributed by atoms with van der Waals surface area (Å²) in [7, 11) is 1.94. The van der Waals surface area contributed by atoms with Gasteiger partial charge in [-0.05, 0) is 19.3 Å². The van der Waals surface area contributed by atoms with Crippen LogP contribution in [0.1, 0.15) is 37.0 Å². The molecule has 1 saturated carbocycles. The Morgan fingerprint density at radius 3 is 2.90 bits per heavy atom. The lowest BCUT2D eigenvalue weighted by molar-refractivity contribution is 0.598. The van der Waals surface area contributed by atoms with E-state index in [0.717, 1.165) is 35.2 Å². The second kappa shape index (κ2) is 5.58. The molecule has 0 aliphatic heterocycles. The summed E-state index contributed by atoms with van der Waals surface area (Å²) >= 11 is 6.40. The van der Waals surface area contributed by atoms with Crippen molar-refractivity contribution in [3.8, 4) is 0 Å². The summed E-state index contributed by atoms with van der Waals surface area (Å²) in [5, 5.41) is 8.73. The van der Waals surface area contributed by atoms with Crippen molar-refractivity contribution in [1.29, 1.82) is 0 Å². The fourth-order valence-corrected chi connectivity index (χ4v) is 2.68. The Morgan fingerprint density at radius 2 is 2.25 bits per heavy atom. The van der Waals surface area contributed by atoms with Crippen molar-refractivity contribution in [2.45, 2.75) is 45.3 Å². The molecule has 0 unspecified atom stereocenters. The van der Waals surface area contributed by atoms with Gasteiger partial charge in [0.2, 0.25) is 0 Å². The Kier molecular flexibility index (Phi) is 3.81. The highest BCUT2D eigenvalue weighted by Gasteiger charge is 2.21. The molecule has 0 amide bonds. The van der Waals surface area contributed by atoms with Crippen molar-refractivity contribution in [3.63, 3.8) is 0 Å². The molecular formula is C14H20ClN5. The molecule has 0 bridgehead atoms. The minimum atomic E-state index is 0.687. The minimum Gasteiger partial charge on any atom is -0.328 e. The number of hydrogen-bond acceptors (Lipinski definition) is 3. The topological polar surface area (TPSA) is 47.7 Å². The second-order valence-corrected chi connectivity index (χ2v) is 5.69. The number of imidazole rings is 1. The molecule has 3 rings (SSSR count). The van der Waals surface area contributed by atoms with Gasteiger partial charge < -0.3 is 9.88 Å². The van der Waals surface area contributed by atoms with E-state index in [2.05, 4.69) is 26.9 Å². The molecule has 2 aromatic heterocycles. The summed E-state index contributed by atoms with van der Waals surface area (Å²) in [4.78, 5) is 4.43. The molecule has 2 heterocycles. The fraction of sp³-hybridized carbons (Fsp3) is 0.571. The molecule has 5 nitrogen and oxygen atoms in total. The molecule has 6 heteroatoms. The van der Waals surface area contributed by atoms with Gasteiger partial charge in [0.25, 0.3) is 0 Å². The first-order chi connectivity index (χ1) is 9.69. The number of rotatable bonds is 6. The van der Waals surface area contributed by atoms with Gasteiger partial charge in [-0.15, -0.1) is 0 Å². The van der Waals surface area contributed by atoms with E-state index in [1.165, 1.54) is 12.8 Å². The van der Waals surface area contributed by atoms with Gasteiger partial charge in [0.15, 0.2) is 0 Å². The van der Waals surface area contributed by atoms with Crippen LogP contribution in [-0.2, 0) is 26.6 Å². The Bertz CT molecular complexity index is 597. The van der Waals surface area contributed by atoms with Crippen LogP contribution in [0.4, 0.5) is 0 Å². The highest BCUT2D eigenvalue weighted by molar-refractivity contribution is 6.31. The molecule has 1 aliphatic carbocycles. The van der Waals surface area contributed by atoms with Gasteiger partial charge in [-0.1, -0.05) is 18.5 Å². The van der Waals surface area contributed by atoms with Gasteiger partial charge in [-0.3, -0.25) is 4.68 Å². The predicted molar refractivity (Wildman–Crippen MR) is 78.8 cm³/mol. The molecule has 108 valence electrons. The van der Waals surface area contributed by atoms with Crippen LogP contribution in [0.5, 0.6) is 0 Å². The largest absolute Gasteiger partial charge is 0.328 e. The van der Waals surface area contributed by atoms with E-state index in [4.69, 9.17) is 11.6 Å². The van der Waals surface area contributed by atoms with Gasteiger partial charge in [-0.2, -0.15) is 5.10 Å². The summed E-state index contributed by atoms with van der Waals surface area (Å²) in [5.41, 5.74) is 2.00. The van der Waals surface area contributed by atoms with Crippen LogP contribution in [0.15, 0.2) is 12.4 Å². The van der Waals surface area contributed by atoms with Crippen molar-refractivity contribution >= 4 is 11.6 Å². The lowest BCUT2D eigenvalue weighted by atomic mass is 10.3. The molecule has 1 N–H and O–H groups in total. The van der Waals surface area contributed by atoms with Crippen molar-refractivity contribution in [2.24, 2.45) is 7.05 Å². The van der Waals surface area contributed by atoms with Crippen LogP contribution in [0, 0.1) is 0 Å². The number of aryl methyl sites for hydroxylation is 2. The van der Waals surface area contributed by atoms with Gasteiger partial charge in [0, 0.05) is 25.5 Å². The lowest BCUT2D eigenvalue weighted by Crippen LogP contribution is -2.19. The van der Waals surface area contributed by atoms with Gasteiger partial charge in [0.1, 0.15) is 5.82 Å². The smallest absolute Gasteiger partial charge is 0.123 e. The molecule has 0 radical (unpaired) electrons. The molecule has 0 aromatic carbocycles. The first kappa shape index (κ1) is 13.6. The van der Waals surface area contributed by atoms with Crippen LogP contribution in [0.25, 0.3) is 0 Å². The molecule has 20 heavy (non-hydrogen) atoms. The zero-order chi connectivity index (χ0) is 14.1. The van der Waals surface area contributed by atoms with E-state index in [-0.39, 0.29) is 0 Å². The average molecular weight is 294 g/mol. The van der Waals surface area contributed by atoms with Crippen molar-refractivity contribution in [1.82, 2.24) is 24.6 Å². The van der Waals surface area contributed by atoms with Gasteiger partial charge >= 0.3 is 0 Å². The molecule has 0 atom stereocenters. The third kappa shape index (κ3) is 2.74. The standard InChI is InChI=1S/C14H20ClN5/c1-3-11-14(15)12(19(2)18-11)9-20-7-6-16-13(20)8-17-10-4-5-10/h6-7,10,17H,3-5,8-9H2,1-2H3. The lowest BCUT2D eigenvalue weighted by Gasteiger charge is -2.09. The van der Waals surface area contributed by atoms with E-state index >= 15 is 0 Å². The number of hydrogen-bond donors (Lipinski definition) is 1. The summed E-state index contributed by atoms with van der Waals surface area (Å²) in [6, 6.07) is 0.687. The van der Waals surface area contributed by atoms with Crippen LogP contribution >= 0.6 is 11.6 Å². The highest BCUT2D eigenvalue weighted by atomic mass is 35.5. The molecule has 1 aliphatic rings. The second-order valence-electron chi connectivity index (χ2n) is 5.31. The van der Waals surface area contributed by atoms with Gasteiger partial charge in [0.05, 0.1) is 29.5 Å². The molecule has 1 fully saturated rings. The first-order valence-corrected chi connectivity index (χ1v) is 7.50. The highest BCUT2D eigenvalue weighted by Crippen LogP contribution is 2.22. The van der Waals surface area contributed by atoms with Gasteiger partial charge in [-0.25, -0.2) is 4.98 Å². The maximum Gasteiger partial charge on any atom is 0.123 e. The third-order valence-corrected chi connectivity index (χ3v) is 4.19. The van der Waals surface area contributed by atoms with Crippen LogP contribution in [0.2, 0.25) is 5.02 Å². The molecule has 0 saturated heterocycles. The Morgan fingerprint density at radius 1 is 1.45 bits per heavy atom. The van der Waals surface area contributed by atoms with Crippen molar-refractivity contribution in [3.05, 3.63) is 34.6 Å². The summed E-state index contributed by atoms with van der Waals surface area (Å²) in [6.45, 7) is 3.60. The average Bonchev–Trinajstić information content (AvgIpc) is 3.11. The summed E-state index contributed by atoms with van der Waals surface area (Å²) < 4.78 is 4.01. The Hall–Kier alpha value is -1.33. The maximum atomic E-state index is 6.40. The summed E-state index contributed by atoms with van der Waals surface area (Å²) in [5.74, 6) is 1.05. The zero-order valence-electron chi connectivity index (χ0n) is 11.9. The molecular weight excluding hydrogens is 274 g/mol. The van der Waals surface area contributed by atoms with Crippen LogP contribution < -0.4 is 5.32 Å². The van der Waals surface area contributed by atoms with E-state index < -0.39 is 0 Å². The number of nitrogens with zero attached hydrogens (tertiary/aromatic N) is 4. The van der Waals surface area contributed by atoms with E-state index in [0.29, 0.717) is 12.6 Å². The van der Waals surface area contributed by atoms with E-state index in [9.17, 15) is 0 Å². The fourth-order valence-electron chi connectivity index (χ4n) is 2.33. The zero-order valence-corrected chi connectivity index (χ0v) is 12.7. The van der Waals surface area contributed by atoms with Crippen LogP contribution in [-0.4, -0.2) is 25.4 Å². The Balaban J connectivity index is 1.77. The first-order valence-electron chi connectivity index (χ1n) is 7.12. The molecule has 2 aromatic rings. The number of nitrogens with one attached hydrogen (secondary N) is 1. The van der Waals surface area contributed by atoms with E-state index in [1.807, 2.05) is 24.1 Å². The number of aromatic nitrogens is 4. The van der Waals surface area contributed by atoms with Crippen molar-refractivity contribution in [2.75, 3.05) is 0 Å². The SMILES string of the molecule is CCc1nn(C)c(Cn2ccnc2CNC2CC2)c1Cl. The quantitative estimate of drug-likeness (QED) is 0.887. The Labute approximate surface area is 124 Å². The minimum absolute atomic E-state index is 0.687. The monoisotopic (exact) mass is 293 g/mol. The summed E-state index contributed by atoms with van der Waals surface area (Å²) in [6.07, 6.45) is 7.27. The van der Waals surface area contributed by atoms with E-state index in [1.54, 1.807) is 0 Å².